The Kier molecular flexibility index (Phi) is 1.20. The summed E-state index contributed by atoms with van der Waals surface area (Å²) in [6.07, 6.45) is 1.23. The van der Waals surface area contributed by atoms with Crippen LogP contribution in [0.2, 0.25) is 0 Å². The molecular formula is C6H7FN2O. The summed E-state index contributed by atoms with van der Waals surface area (Å²) in [6, 6.07) is 0. The molecule has 1 aromatic heterocycles. The van der Waals surface area contributed by atoms with Gasteiger partial charge in [-0.1, -0.05) is 0 Å². The van der Waals surface area contributed by atoms with Crippen LogP contribution in [0.5, 0.6) is 0 Å². The Labute approximate surface area is 57.4 Å². The summed E-state index contributed by atoms with van der Waals surface area (Å²) in [6.45, 7) is 1.65. The van der Waals surface area contributed by atoms with E-state index in [1.165, 1.54) is 6.20 Å². The molecule has 0 bridgehead atoms. The molecule has 1 aliphatic heterocycles. The van der Waals surface area contributed by atoms with Crippen LogP contribution in [0.25, 0.3) is 0 Å². The Morgan fingerprint density at radius 1 is 1.70 bits per heavy atom. The van der Waals surface area contributed by atoms with E-state index in [0.29, 0.717) is 25.5 Å². The zero-order valence-corrected chi connectivity index (χ0v) is 5.38. The maximum atomic E-state index is 12.7. The molecule has 3 nitrogen and oxygen atoms in total. The van der Waals surface area contributed by atoms with Crippen molar-refractivity contribution in [2.45, 2.75) is 13.2 Å². The Hall–Kier alpha value is -0.900. The van der Waals surface area contributed by atoms with Gasteiger partial charge in [0, 0.05) is 0 Å². The van der Waals surface area contributed by atoms with Gasteiger partial charge in [-0.25, -0.2) is 4.39 Å². The molecule has 0 aromatic carbocycles. The number of nitrogens with zero attached hydrogens (tertiary/aromatic N) is 2. The highest BCUT2D eigenvalue weighted by Crippen LogP contribution is 2.11. The fourth-order valence-electron chi connectivity index (χ4n) is 1.04. The molecular weight excluding hydrogens is 135 g/mol. The van der Waals surface area contributed by atoms with Crippen molar-refractivity contribution < 1.29 is 9.13 Å². The first-order valence-electron chi connectivity index (χ1n) is 3.16. The van der Waals surface area contributed by atoms with E-state index in [0.717, 1.165) is 0 Å². The molecule has 0 spiro atoms. The second kappa shape index (κ2) is 2.05. The third kappa shape index (κ3) is 0.724. The van der Waals surface area contributed by atoms with Crippen molar-refractivity contribution >= 4 is 0 Å². The van der Waals surface area contributed by atoms with E-state index in [1.807, 2.05) is 0 Å². The lowest BCUT2D eigenvalue weighted by Crippen LogP contribution is -2.17. The van der Waals surface area contributed by atoms with Crippen molar-refractivity contribution in [3.8, 4) is 0 Å². The smallest absolute Gasteiger partial charge is 0.166 e. The van der Waals surface area contributed by atoms with Crippen molar-refractivity contribution in [3.05, 3.63) is 17.7 Å². The molecule has 0 saturated heterocycles. The number of hydrogen-bond donors (Lipinski definition) is 0. The van der Waals surface area contributed by atoms with E-state index < -0.39 is 0 Å². The van der Waals surface area contributed by atoms with E-state index in [1.54, 1.807) is 4.68 Å². The number of aromatic nitrogens is 2. The summed E-state index contributed by atoms with van der Waals surface area (Å²) in [5.74, 6) is -0.264. The number of fused-ring (bicyclic) bond motifs is 1. The molecule has 0 radical (unpaired) electrons. The van der Waals surface area contributed by atoms with E-state index >= 15 is 0 Å². The van der Waals surface area contributed by atoms with Crippen LogP contribution in [0.1, 0.15) is 5.69 Å². The lowest BCUT2D eigenvalue weighted by Gasteiger charge is -2.13. The molecule has 10 heavy (non-hydrogen) atoms. The second-order valence-corrected chi connectivity index (χ2v) is 2.21. The fourth-order valence-corrected chi connectivity index (χ4v) is 1.04. The highest BCUT2D eigenvalue weighted by Gasteiger charge is 2.13. The van der Waals surface area contributed by atoms with Crippen LogP contribution in [0, 0.1) is 5.82 Å². The van der Waals surface area contributed by atoms with Gasteiger partial charge in [-0.2, -0.15) is 5.10 Å². The molecule has 1 aliphatic rings. The largest absolute Gasteiger partial charge is 0.373 e. The zero-order valence-electron chi connectivity index (χ0n) is 5.38. The average Bonchev–Trinajstić information content (AvgIpc) is 2.34. The minimum Gasteiger partial charge on any atom is -0.373 e. The summed E-state index contributed by atoms with van der Waals surface area (Å²) in [4.78, 5) is 0. The van der Waals surface area contributed by atoms with Crippen molar-refractivity contribution in [1.29, 1.82) is 0 Å². The van der Waals surface area contributed by atoms with E-state index in [4.69, 9.17) is 4.74 Å². The Morgan fingerprint density at radius 2 is 2.60 bits per heavy atom. The number of halogens is 1. The molecule has 0 aliphatic carbocycles. The normalized spacial score (nSPS) is 16.9. The van der Waals surface area contributed by atoms with Gasteiger partial charge < -0.3 is 4.74 Å². The molecule has 0 amide bonds. The highest BCUT2D eigenvalue weighted by atomic mass is 19.1. The first-order valence-corrected chi connectivity index (χ1v) is 3.16. The summed E-state index contributed by atoms with van der Waals surface area (Å²) in [5, 5.41) is 3.82. The SMILES string of the molecule is Fc1cnn2c1COCC2. The molecule has 2 heterocycles. The molecule has 1 aromatic rings. The Morgan fingerprint density at radius 3 is 3.40 bits per heavy atom. The highest BCUT2D eigenvalue weighted by molar-refractivity contribution is 5.03. The predicted octanol–water partition coefficient (Wildman–Crippen LogP) is 0.552. The van der Waals surface area contributed by atoms with Gasteiger partial charge in [-0.05, 0) is 0 Å². The van der Waals surface area contributed by atoms with Crippen LogP contribution in [0.4, 0.5) is 4.39 Å². The van der Waals surface area contributed by atoms with E-state index in [9.17, 15) is 4.39 Å². The third-order valence-corrected chi connectivity index (χ3v) is 1.58. The van der Waals surface area contributed by atoms with E-state index in [2.05, 4.69) is 5.10 Å². The van der Waals surface area contributed by atoms with Crippen LogP contribution < -0.4 is 0 Å². The van der Waals surface area contributed by atoms with Gasteiger partial charge in [0.15, 0.2) is 5.82 Å². The molecule has 2 rings (SSSR count). The number of ether oxygens (including phenoxy) is 1. The van der Waals surface area contributed by atoms with Crippen molar-refractivity contribution in [3.63, 3.8) is 0 Å². The van der Waals surface area contributed by atoms with Gasteiger partial charge >= 0.3 is 0 Å². The molecule has 0 N–H and O–H groups in total. The second-order valence-electron chi connectivity index (χ2n) is 2.21. The van der Waals surface area contributed by atoms with Crippen LogP contribution in [0.3, 0.4) is 0 Å². The maximum Gasteiger partial charge on any atom is 0.166 e. The summed E-state index contributed by atoms with van der Waals surface area (Å²) in [7, 11) is 0. The minimum atomic E-state index is -0.264. The van der Waals surface area contributed by atoms with Crippen molar-refractivity contribution in [2.75, 3.05) is 6.61 Å². The first kappa shape index (κ1) is 5.85. The monoisotopic (exact) mass is 142 g/mol. The molecule has 0 unspecified atom stereocenters. The van der Waals surface area contributed by atoms with Crippen molar-refractivity contribution in [2.24, 2.45) is 0 Å². The fraction of sp³-hybridized carbons (Fsp3) is 0.500. The van der Waals surface area contributed by atoms with Crippen LogP contribution in [-0.4, -0.2) is 16.4 Å². The lowest BCUT2D eigenvalue weighted by molar-refractivity contribution is 0.0773. The summed E-state index contributed by atoms with van der Waals surface area (Å²) in [5.41, 5.74) is 0.561. The third-order valence-electron chi connectivity index (χ3n) is 1.58. The van der Waals surface area contributed by atoms with Crippen LogP contribution in [-0.2, 0) is 17.9 Å². The maximum absolute atomic E-state index is 12.7. The Bertz CT molecular complexity index is 246. The van der Waals surface area contributed by atoms with E-state index in [-0.39, 0.29) is 5.82 Å². The van der Waals surface area contributed by atoms with Gasteiger partial charge in [0.1, 0.15) is 0 Å². The van der Waals surface area contributed by atoms with Gasteiger partial charge in [0.25, 0.3) is 0 Å². The van der Waals surface area contributed by atoms with Gasteiger partial charge in [0.05, 0.1) is 31.6 Å². The van der Waals surface area contributed by atoms with Gasteiger partial charge in [0.2, 0.25) is 0 Å². The zero-order chi connectivity index (χ0) is 6.97. The first-order chi connectivity index (χ1) is 4.88. The summed E-state index contributed by atoms with van der Waals surface area (Å²) >= 11 is 0. The van der Waals surface area contributed by atoms with Crippen LogP contribution >= 0.6 is 0 Å². The Balaban J connectivity index is 2.45. The number of hydrogen-bond acceptors (Lipinski definition) is 2. The summed E-state index contributed by atoms with van der Waals surface area (Å²) < 4.78 is 19.3. The van der Waals surface area contributed by atoms with Gasteiger partial charge in [-0.15, -0.1) is 0 Å². The molecule has 0 atom stereocenters. The lowest BCUT2D eigenvalue weighted by atomic mass is 10.4. The quantitative estimate of drug-likeness (QED) is 0.529. The molecule has 0 saturated carbocycles. The van der Waals surface area contributed by atoms with Crippen molar-refractivity contribution in [1.82, 2.24) is 9.78 Å². The average molecular weight is 142 g/mol. The minimum absolute atomic E-state index is 0.264. The standard InChI is InChI=1S/C6H7FN2O/c7-5-3-8-9-1-2-10-4-6(5)9/h3H,1-2,4H2. The predicted molar refractivity (Wildman–Crippen MR) is 31.8 cm³/mol. The molecule has 0 fully saturated rings. The van der Waals surface area contributed by atoms with Gasteiger partial charge in [-0.3, -0.25) is 4.68 Å². The van der Waals surface area contributed by atoms with Crippen LogP contribution in [0.15, 0.2) is 6.20 Å². The molecule has 4 heteroatoms. The topological polar surface area (TPSA) is 27.1 Å². The number of rotatable bonds is 0. The molecule has 54 valence electrons.